The van der Waals surface area contributed by atoms with Crippen LogP contribution in [-0.2, 0) is 0 Å². The number of benzene rings is 1. The van der Waals surface area contributed by atoms with Crippen LogP contribution in [0.2, 0.25) is 0 Å². The number of rotatable bonds is 4. The maximum atomic E-state index is 10.4. The molecule has 0 saturated heterocycles. The number of aliphatic hydroxyl groups is 1. The highest BCUT2D eigenvalue weighted by Gasteiger charge is 2.22. The molecule has 1 aromatic heterocycles. The predicted molar refractivity (Wildman–Crippen MR) is 76.1 cm³/mol. The highest BCUT2D eigenvalue weighted by molar-refractivity contribution is 5.44. The van der Waals surface area contributed by atoms with Gasteiger partial charge in [-0.15, -0.1) is 0 Å². The van der Waals surface area contributed by atoms with Crippen LogP contribution in [0.5, 0.6) is 0 Å². The zero-order chi connectivity index (χ0) is 13.2. The first-order valence-corrected chi connectivity index (χ1v) is 6.70. The van der Waals surface area contributed by atoms with Gasteiger partial charge in [-0.2, -0.15) is 0 Å². The minimum Gasteiger partial charge on any atom is -0.384 e. The van der Waals surface area contributed by atoms with Crippen LogP contribution in [0.4, 0.5) is 5.82 Å². The van der Waals surface area contributed by atoms with Crippen molar-refractivity contribution < 1.29 is 5.11 Å². The number of aryl methyl sites for hydroxylation is 1. The molecule has 2 aromatic rings. The first-order chi connectivity index (χ1) is 9.24. The first kappa shape index (κ1) is 12.2. The highest BCUT2D eigenvalue weighted by Crippen LogP contribution is 2.27. The van der Waals surface area contributed by atoms with Gasteiger partial charge in [-0.05, 0) is 37.0 Å². The van der Waals surface area contributed by atoms with Crippen molar-refractivity contribution in [1.82, 2.24) is 4.98 Å². The second kappa shape index (κ2) is 5.02. The Balaban J connectivity index is 1.84. The molecule has 1 saturated carbocycles. The molecule has 0 spiro atoms. The fraction of sp³-hybridized carbons (Fsp3) is 0.312. The largest absolute Gasteiger partial charge is 0.384 e. The SMILES string of the molecule is Cc1cc(NC2CC2)ncc1C(O)c1ccccc1. The van der Waals surface area contributed by atoms with Gasteiger partial charge in [0.2, 0.25) is 0 Å². The molecule has 19 heavy (non-hydrogen) atoms. The summed E-state index contributed by atoms with van der Waals surface area (Å²) in [5.41, 5.74) is 2.83. The third kappa shape index (κ3) is 2.76. The Morgan fingerprint density at radius 2 is 2.00 bits per heavy atom. The Morgan fingerprint density at radius 3 is 2.63 bits per heavy atom. The van der Waals surface area contributed by atoms with Gasteiger partial charge in [0.1, 0.15) is 11.9 Å². The lowest BCUT2D eigenvalue weighted by molar-refractivity contribution is 0.219. The minimum absolute atomic E-state index is 0.594. The lowest BCUT2D eigenvalue weighted by Crippen LogP contribution is -2.07. The molecule has 3 heteroatoms. The molecule has 3 rings (SSSR count). The molecular weight excluding hydrogens is 236 g/mol. The van der Waals surface area contributed by atoms with Gasteiger partial charge in [0, 0.05) is 17.8 Å². The maximum Gasteiger partial charge on any atom is 0.126 e. The fourth-order valence-electron chi connectivity index (χ4n) is 2.18. The van der Waals surface area contributed by atoms with Gasteiger partial charge in [0.25, 0.3) is 0 Å². The monoisotopic (exact) mass is 254 g/mol. The van der Waals surface area contributed by atoms with Crippen LogP contribution >= 0.6 is 0 Å². The third-order valence-corrected chi connectivity index (χ3v) is 3.49. The molecule has 98 valence electrons. The molecule has 3 nitrogen and oxygen atoms in total. The topological polar surface area (TPSA) is 45.2 Å². The summed E-state index contributed by atoms with van der Waals surface area (Å²) in [7, 11) is 0. The second-order valence-electron chi connectivity index (χ2n) is 5.16. The number of anilines is 1. The zero-order valence-electron chi connectivity index (χ0n) is 11.0. The van der Waals surface area contributed by atoms with E-state index in [2.05, 4.69) is 10.3 Å². The van der Waals surface area contributed by atoms with E-state index in [9.17, 15) is 5.11 Å². The lowest BCUT2D eigenvalue weighted by atomic mass is 9.99. The molecule has 0 aliphatic heterocycles. The molecular formula is C16H18N2O. The summed E-state index contributed by atoms with van der Waals surface area (Å²) in [6.07, 6.45) is 3.63. The molecule has 1 aliphatic carbocycles. The summed E-state index contributed by atoms with van der Waals surface area (Å²) in [5.74, 6) is 0.906. The summed E-state index contributed by atoms with van der Waals surface area (Å²) in [5, 5.41) is 13.8. The molecule has 0 bridgehead atoms. The smallest absolute Gasteiger partial charge is 0.126 e. The number of nitrogens with zero attached hydrogens (tertiary/aromatic N) is 1. The first-order valence-electron chi connectivity index (χ1n) is 6.70. The molecule has 0 amide bonds. The molecule has 2 N–H and O–H groups in total. The number of aliphatic hydroxyl groups excluding tert-OH is 1. The van der Waals surface area contributed by atoms with Crippen molar-refractivity contribution in [1.29, 1.82) is 0 Å². The Morgan fingerprint density at radius 1 is 1.26 bits per heavy atom. The van der Waals surface area contributed by atoms with Crippen LogP contribution in [-0.4, -0.2) is 16.1 Å². The van der Waals surface area contributed by atoms with E-state index < -0.39 is 6.10 Å². The van der Waals surface area contributed by atoms with Crippen molar-refractivity contribution in [3.8, 4) is 0 Å². The number of pyridine rings is 1. The molecule has 1 atom stereocenters. The Kier molecular flexibility index (Phi) is 3.22. The van der Waals surface area contributed by atoms with Crippen LogP contribution in [0.15, 0.2) is 42.6 Å². The van der Waals surface area contributed by atoms with Gasteiger partial charge in [-0.25, -0.2) is 4.98 Å². The van der Waals surface area contributed by atoms with Gasteiger partial charge in [0.05, 0.1) is 0 Å². The Hall–Kier alpha value is -1.87. The highest BCUT2D eigenvalue weighted by atomic mass is 16.3. The molecule has 1 aliphatic rings. The van der Waals surface area contributed by atoms with Crippen molar-refractivity contribution >= 4 is 5.82 Å². The van der Waals surface area contributed by atoms with Crippen LogP contribution in [0.3, 0.4) is 0 Å². The van der Waals surface area contributed by atoms with Gasteiger partial charge in [-0.1, -0.05) is 30.3 Å². The standard InChI is InChI=1S/C16H18N2O/c1-11-9-15(18-13-7-8-13)17-10-14(11)16(19)12-5-3-2-4-6-12/h2-6,9-10,13,16,19H,7-8H2,1H3,(H,17,18). The fourth-order valence-corrected chi connectivity index (χ4v) is 2.18. The van der Waals surface area contributed by atoms with Crippen molar-refractivity contribution in [3.05, 3.63) is 59.3 Å². The number of aromatic nitrogens is 1. The normalized spacial score (nSPS) is 16.1. The van der Waals surface area contributed by atoms with Crippen molar-refractivity contribution in [3.63, 3.8) is 0 Å². The molecule has 1 unspecified atom stereocenters. The summed E-state index contributed by atoms with van der Waals surface area (Å²) in [6, 6.07) is 12.3. The second-order valence-corrected chi connectivity index (χ2v) is 5.16. The van der Waals surface area contributed by atoms with Crippen LogP contribution in [0.1, 0.15) is 35.6 Å². The summed E-state index contributed by atoms with van der Waals surface area (Å²) >= 11 is 0. The van der Waals surface area contributed by atoms with E-state index in [1.165, 1.54) is 12.8 Å². The minimum atomic E-state index is -0.608. The Labute approximate surface area is 113 Å². The lowest BCUT2D eigenvalue weighted by Gasteiger charge is -2.15. The van der Waals surface area contributed by atoms with E-state index in [-0.39, 0.29) is 0 Å². The molecule has 1 fully saturated rings. The van der Waals surface area contributed by atoms with E-state index in [4.69, 9.17) is 0 Å². The van der Waals surface area contributed by atoms with E-state index in [1.807, 2.05) is 43.3 Å². The molecule has 0 radical (unpaired) electrons. The molecule has 1 heterocycles. The van der Waals surface area contributed by atoms with Crippen molar-refractivity contribution in [2.45, 2.75) is 31.9 Å². The van der Waals surface area contributed by atoms with Gasteiger partial charge < -0.3 is 10.4 Å². The van der Waals surface area contributed by atoms with Crippen LogP contribution < -0.4 is 5.32 Å². The van der Waals surface area contributed by atoms with Crippen molar-refractivity contribution in [2.24, 2.45) is 0 Å². The Bertz CT molecular complexity index is 564. The van der Waals surface area contributed by atoms with Gasteiger partial charge in [0.15, 0.2) is 0 Å². The molecule has 1 aromatic carbocycles. The van der Waals surface area contributed by atoms with E-state index in [1.54, 1.807) is 6.20 Å². The number of hydrogen-bond donors (Lipinski definition) is 2. The van der Waals surface area contributed by atoms with Crippen LogP contribution in [0.25, 0.3) is 0 Å². The average Bonchev–Trinajstić information content (AvgIpc) is 3.23. The third-order valence-electron chi connectivity index (χ3n) is 3.49. The average molecular weight is 254 g/mol. The zero-order valence-corrected chi connectivity index (χ0v) is 11.0. The quantitative estimate of drug-likeness (QED) is 0.881. The van der Waals surface area contributed by atoms with Crippen LogP contribution in [0, 0.1) is 6.92 Å². The van der Waals surface area contributed by atoms with E-state index in [0.29, 0.717) is 6.04 Å². The van der Waals surface area contributed by atoms with E-state index >= 15 is 0 Å². The van der Waals surface area contributed by atoms with Gasteiger partial charge in [-0.3, -0.25) is 0 Å². The maximum absolute atomic E-state index is 10.4. The number of nitrogens with one attached hydrogen (secondary N) is 1. The summed E-state index contributed by atoms with van der Waals surface area (Å²) < 4.78 is 0. The summed E-state index contributed by atoms with van der Waals surface area (Å²) in [4.78, 5) is 4.40. The number of hydrogen-bond acceptors (Lipinski definition) is 3. The van der Waals surface area contributed by atoms with Gasteiger partial charge >= 0.3 is 0 Å². The van der Waals surface area contributed by atoms with Crippen molar-refractivity contribution in [2.75, 3.05) is 5.32 Å². The van der Waals surface area contributed by atoms with E-state index in [0.717, 1.165) is 22.5 Å². The summed E-state index contributed by atoms with van der Waals surface area (Å²) in [6.45, 7) is 2.02. The predicted octanol–water partition coefficient (Wildman–Crippen LogP) is 3.05.